The van der Waals surface area contributed by atoms with Crippen molar-refractivity contribution >= 4 is 30.6 Å². The Morgan fingerprint density at radius 3 is 1.76 bits per heavy atom. The monoisotopic (exact) mass is 472 g/mol. The van der Waals surface area contributed by atoms with E-state index < -0.39 is 44.9 Å². The number of hydrogen-bond acceptors (Lipinski definition) is 7. The van der Waals surface area contributed by atoms with Gasteiger partial charge in [0.2, 0.25) is 0 Å². The fourth-order valence-electron chi connectivity index (χ4n) is 4.46. The summed E-state index contributed by atoms with van der Waals surface area (Å²) in [5, 5.41) is 12.3. The van der Waals surface area contributed by atoms with E-state index in [2.05, 4.69) is 45.0 Å². The number of aliphatic hydroxyl groups is 1. The third-order valence-electron chi connectivity index (χ3n) is 5.77. The average molecular weight is 473 g/mol. The lowest BCUT2D eigenvalue weighted by Gasteiger charge is -2.43. The third kappa shape index (κ3) is 5.35. The molecule has 1 N–H and O–H groups in total. The highest BCUT2D eigenvalue weighted by Gasteiger charge is 2.53. The summed E-state index contributed by atoms with van der Waals surface area (Å²) < 4.78 is 23.1. The SMILES string of the molecule is CC(=O)O[C@H]1[C@H](OC(C)=O)[C@@H](CO[Si](c2ccccc2)(c2ccccc2)C(C)(C)C)O[C@H]1O. The molecular weight excluding hydrogens is 440 g/mol. The van der Waals surface area contributed by atoms with E-state index in [0.29, 0.717) is 0 Å². The lowest BCUT2D eigenvalue weighted by atomic mass is 10.1. The van der Waals surface area contributed by atoms with E-state index in [4.69, 9.17) is 18.6 Å². The smallest absolute Gasteiger partial charge is 0.303 e. The van der Waals surface area contributed by atoms with Crippen LogP contribution in [0.25, 0.3) is 0 Å². The van der Waals surface area contributed by atoms with E-state index in [1.807, 2.05) is 36.4 Å². The van der Waals surface area contributed by atoms with Gasteiger partial charge in [-0.15, -0.1) is 0 Å². The first-order valence-corrected chi connectivity index (χ1v) is 12.9. The quantitative estimate of drug-likeness (QED) is 0.488. The summed E-state index contributed by atoms with van der Waals surface area (Å²) in [6.45, 7) is 8.97. The zero-order valence-electron chi connectivity index (χ0n) is 19.7. The van der Waals surface area contributed by atoms with Crippen molar-refractivity contribution in [3.05, 3.63) is 60.7 Å². The standard InChI is InChI=1S/C25H32O7Si/c1-17(26)30-22-21(32-24(28)23(22)31-18(2)27)16-29-33(25(3,4)5,19-12-8-6-9-13-19)20-14-10-7-11-15-20/h6-15,21-24,28H,16H2,1-5H3/t21-,22-,23+,24-/m1/s1. The largest absolute Gasteiger partial charge is 0.455 e. The maximum absolute atomic E-state index is 11.8. The molecule has 0 saturated carbocycles. The first-order valence-electron chi connectivity index (χ1n) is 11.0. The Bertz CT molecular complexity index is 903. The zero-order valence-corrected chi connectivity index (χ0v) is 20.7. The van der Waals surface area contributed by atoms with Gasteiger partial charge < -0.3 is 23.7 Å². The molecule has 1 fully saturated rings. The molecule has 178 valence electrons. The van der Waals surface area contributed by atoms with Gasteiger partial charge in [0.25, 0.3) is 8.32 Å². The molecule has 0 amide bonds. The molecule has 0 spiro atoms. The zero-order chi connectivity index (χ0) is 24.2. The number of aliphatic hydroxyl groups excluding tert-OH is 1. The molecule has 2 aromatic rings. The van der Waals surface area contributed by atoms with Gasteiger partial charge in [-0.1, -0.05) is 81.4 Å². The van der Waals surface area contributed by atoms with E-state index in [1.54, 1.807) is 0 Å². The van der Waals surface area contributed by atoms with Crippen molar-refractivity contribution < 1.29 is 33.3 Å². The average Bonchev–Trinajstić information content (AvgIpc) is 3.02. The summed E-state index contributed by atoms with van der Waals surface area (Å²) >= 11 is 0. The molecule has 1 heterocycles. The van der Waals surface area contributed by atoms with Crippen molar-refractivity contribution in [3.8, 4) is 0 Å². The van der Waals surface area contributed by atoms with Gasteiger partial charge >= 0.3 is 11.9 Å². The summed E-state index contributed by atoms with van der Waals surface area (Å²) in [5.74, 6) is -1.17. The number of rotatable bonds is 7. The van der Waals surface area contributed by atoms with Crippen molar-refractivity contribution in [2.24, 2.45) is 0 Å². The molecule has 0 radical (unpaired) electrons. The van der Waals surface area contributed by atoms with E-state index in [9.17, 15) is 14.7 Å². The van der Waals surface area contributed by atoms with Crippen LogP contribution in [0.5, 0.6) is 0 Å². The number of benzene rings is 2. The molecule has 8 heteroatoms. The highest BCUT2D eigenvalue weighted by atomic mass is 28.4. The van der Waals surface area contributed by atoms with E-state index in [0.717, 1.165) is 10.4 Å². The van der Waals surface area contributed by atoms with Crippen molar-refractivity contribution in [2.45, 2.75) is 64.3 Å². The van der Waals surface area contributed by atoms with Crippen LogP contribution >= 0.6 is 0 Å². The molecular formula is C25H32O7Si. The fraction of sp³-hybridized carbons (Fsp3) is 0.440. The number of carbonyl (C=O) groups excluding carboxylic acids is 2. The highest BCUT2D eigenvalue weighted by molar-refractivity contribution is 6.99. The van der Waals surface area contributed by atoms with Crippen molar-refractivity contribution in [3.63, 3.8) is 0 Å². The molecule has 0 bridgehead atoms. The van der Waals surface area contributed by atoms with Crippen molar-refractivity contribution in [1.29, 1.82) is 0 Å². The van der Waals surface area contributed by atoms with Gasteiger partial charge in [-0.25, -0.2) is 0 Å². The predicted octanol–water partition coefficient (Wildman–Crippen LogP) is 2.14. The van der Waals surface area contributed by atoms with E-state index >= 15 is 0 Å². The van der Waals surface area contributed by atoms with Gasteiger partial charge in [0.1, 0.15) is 6.10 Å². The van der Waals surface area contributed by atoms with Crippen LogP contribution in [-0.2, 0) is 28.2 Å². The minimum atomic E-state index is -2.87. The maximum Gasteiger partial charge on any atom is 0.303 e. The Hall–Kier alpha value is -2.52. The number of ether oxygens (including phenoxy) is 3. The topological polar surface area (TPSA) is 91.3 Å². The molecule has 0 aliphatic carbocycles. The number of carbonyl (C=O) groups is 2. The molecule has 0 aromatic heterocycles. The van der Waals surface area contributed by atoms with Gasteiger partial charge in [0.05, 0.1) is 6.61 Å². The van der Waals surface area contributed by atoms with Crippen molar-refractivity contribution in [2.75, 3.05) is 6.61 Å². The van der Waals surface area contributed by atoms with Crippen LogP contribution in [0.3, 0.4) is 0 Å². The first-order chi connectivity index (χ1) is 15.6. The summed E-state index contributed by atoms with van der Waals surface area (Å²) in [5.41, 5.74) is 0. The summed E-state index contributed by atoms with van der Waals surface area (Å²) in [4.78, 5) is 23.3. The number of esters is 2. The Balaban J connectivity index is 2.00. The molecule has 1 saturated heterocycles. The van der Waals surface area contributed by atoms with Crippen LogP contribution in [0, 0.1) is 0 Å². The Morgan fingerprint density at radius 2 is 1.33 bits per heavy atom. The second kappa shape index (κ2) is 10.2. The molecule has 2 aromatic carbocycles. The van der Waals surface area contributed by atoms with Gasteiger partial charge in [-0.05, 0) is 15.4 Å². The normalized spacial score (nSPS) is 23.2. The van der Waals surface area contributed by atoms with Gasteiger partial charge in [-0.3, -0.25) is 9.59 Å². The Morgan fingerprint density at radius 1 is 0.879 bits per heavy atom. The molecule has 0 unspecified atom stereocenters. The van der Waals surface area contributed by atoms with E-state index in [1.165, 1.54) is 13.8 Å². The fourth-order valence-corrected chi connectivity index (χ4v) is 9.03. The molecule has 3 rings (SSSR count). The van der Waals surface area contributed by atoms with Crippen LogP contribution in [0.2, 0.25) is 5.04 Å². The first kappa shape index (κ1) is 25.1. The van der Waals surface area contributed by atoms with Crippen molar-refractivity contribution in [1.82, 2.24) is 0 Å². The van der Waals surface area contributed by atoms with Gasteiger partial charge in [0, 0.05) is 13.8 Å². The molecule has 33 heavy (non-hydrogen) atoms. The van der Waals surface area contributed by atoms with Gasteiger partial charge in [-0.2, -0.15) is 0 Å². The molecule has 4 atom stereocenters. The van der Waals surface area contributed by atoms with Crippen LogP contribution in [0.4, 0.5) is 0 Å². The number of hydrogen-bond donors (Lipinski definition) is 1. The third-order valence-corrected chi connectivity index (χ3v) is 10.8. The Kier molecular flexibility index (Phi) is 7.74. The minimum absolute atomic E-state index is 0.0417. The van der Waals surface area contributed by atoms with Gasteiger partial charge in [0.15, 0.2) is 18.5 Å². The summed E-state index contributed by atoms with van der Waals surface area (Å²) in [7, 11) is -2.87. The second-order valence-corrected chi connectivity index (χ2v) is 13.5. The van der Waals surface area contributed by atoms with Crippen LogP contribution < -0.4 is 10.4 Å². The Labute approximate surface area is 195 Å². The lowest BCUT2D eigenvalue weighted by molar-refractivity contribution is -0.174. The lowest BCUT2D eigenvalue weighted by Crippen LogP contribution is -2.67. The van der Waals surface area contributed by atoms with Crippen LogP contribution in [0.1, 0.15) is 34.6 Å². The molecule has 1 aliphatic heterocycles. The second-order valence-electron chi connectivity index (χ2n) is 9.19. The predicted molar refractivity (Wildman–Crippen MR) is 126 cm³/mol. The highest BCUT2D eigenvalue weighted by Crippen LogP contribution is 2.37. The summed E-state index contributed by atoms with van der Waals surface area (Å²) in [6.07, 6.45) is -4.35. The van der Waals surface area contributed by atoms with Crippen LogP contribution in [0.15, 0.2) is 60.7 Å². The maximum atomic E-state index is 11.8. The molecule has 1 aliphatic rings. The van der Waals surface area contributed by atoms with E-state index in [-0.39, 0.29) is 11.6 Å². The molecule has 7 nitrogen and oxygen atoms in total. The van der Waals surface area contributed by atoms with Crippen LogP contribution in [-0.4, -0.2) is 56.6 Å². The minimum Gasteiger partial charge on any atom is -0.455 e. The summed E-state index contributed by atoms with van der Waals surface area (Å²) in [6, 6.07) is 20.2.